The summed E-state index contributed by atoms with van der Waals surface area (Å²) in [5, 5.41) is 4.88. The minimum absolute atomic E-state index is 0.229. The minimum atomic E-state index is 0.229. The van der Waals surface area contributed by atoms with E-state index < -0.39 is 0 Å². The number of aromatic nitrogens is 1. The molecule has 2 N–H and O–H groups in total. The van der Waals surface area contributed by atoms with Crippen LogP contribution < -0.4 is 5.32 Å². The molecule has 2 heterocycles. The van der Waals surface area contributed by atoms with Gasteiger partial charge in [0.05, 0.1) is 0 Å². The van der Waals surface area contributed by atoms with Crippen molar-refractivity contribution in [3.8, 4) is 0 Å². The number of rotatable bonds is 3. The Hall–Kier alpha value is -2.06. The minimum Gasteiger partial charge on any atom is -0.361 e. The molecule has 4 rings (SSSR count). The second-order valence-electron chi connectivity index (χ2n) is 6.15. The highest BCUT2D eigenvalue weighted by Crippen LogP contribution is 2.35. The van der Waals surface area contributed by atoms with Crippen LogP contribution in [-0.4, -0.2) is 18.1 Å². The summed E-state index contributed by atoms with van der Waals surface area (Å²) in [6.07, 6.45) is 4.33. The first-order valence-corrected chi connectivity index (χ1v) is 7.68. The summed E-state index contributed by atoms with van der Waals surface area (Å²) in [7, 11) is 0. The largest absolute Gasteiger partial charge is 0.361 e. The Kier molecular flexibility index (Phi) is 3.04. The molecule has 0 amide bonds. The molecular weight excluding hydrogens is 256 g/mol. The normalized spacial score (nSPS) is 21.9. The highest BCUT2D eigenvalue weighted by Gasteiger charge is 2.35. The van der Waals surface area contributed by atoms with Crippen LogP contribution in [0.1, 0.15) is 17.5 Å². The molecule has 0 radical (unpaired) electrons. The van der Waals surface area contributed by atoms with E-state index in [1.54, 1.807) is 0 Å². The molecule has 106 valence electrons. The lowest BCUT2D eigenvalue weighted by Gasteiger charge is -2.29. The Morgan fingerprint density at radius 1 is 1.00 bits per heavy atom. The topological polar surface area (TPSA) is 27.8 Å². The Balaban J connectivity index is 1.76. The Labute approximate surface area is 125 Å². The third-order valence-electron chi connectivity index (χ3n) is 4.79. The van der Waals surface area contributed by atoms with Gasteiger partial charge in [-0.25, -0.2) is 0 Å². The van der Waals surface area contributed by atoms with Gasteiger partial charge in [-0.2, -0.15) is 0 Å². The van der Waals surface area contributed by atoms with E-state index in [1.807, 2.05) is 6.20 Å². The van der Waals surface area contributed by atoms with E-state index in [9.17, 15) is 0 Å². The third kappa shape index (κ3) is 2.26. The molecule has 3 aromatic rings. The van der Waals surface area contributed by atoms with Crippen molar-refractivity contribution < 1.29 is 0 Å². The van der Waals surface area contributed by atoms with Crippen LogP contribution in [-0.2, 0) is 11.8 Å². The van der Waals surface area contributed by atoms with Gasteiger partial charge in [-0.15, -0.1) is 0 Å². The maximum absolute atomic E-state index is 3.57. The predicted octanol–water partition coefficient (Wildman–Crippen LogP) is 3.64. The highest BCUT2D eigenvalue weighted by molar-refractivity contribution is 5.80. The Morgan fingerprint density at radius 2 is 1.90 bits per heavy atom. The zero-order chi connectivity index (χ0) is 14.1. The predicted molar refractivity (Wildman–Crippen MR) is 87.6 cm³/mol. The van der Waals surface area contributed by atoms with E-state index in [4.69, 9.17) is 0 Å². The molecule has 0 bridgehead atoms. The fourth-order valence-electron chi connectivity index (χ4n) is 3.61. The molecule has 0 spiro atoms. The summed E-state index contributed by atoms with van der Waals surface area (Å²) in [6.45, 7) is 2.18. The molecule has 1 saturated heterocycles. The van der Waals surface area contributed by atoms with Gasteiger partial charge in [0, 0.05) is 23.7 Å². The van der Waals surface area contributed by atoms with Crippen molar-refractivity contribution in [1.82, 2.24) is 10.3 Å². The third-order valence-corrected chi connectivity index (χ3v) is 4.79. The summed E-state index contributed by atoms with van der Waals surface area (Å²) in [5.41, 5.74) is 4.34. The number of hydrogen-bond acceptors (Lipinski definition) is 1. The van der Waals surface area contributed by atoms with Gasteiger partial charge in [0.25, 0.3) is 0 Å². The molecule has 21 heavy (non-hydrogen) atoms. The Bertz CT molecular complexity index is 736. The molecule has 0 saturated carbocycles. The Morgan fingerprint density at radius 3 is 2.71 bits per heavy atom. The van der Waals surface area contributed by atoms with Gasteiger partial charge in [0.15, 0.2) is 0 Å². The van der Waals surface area contributed by atoms with Crippen molar-refractivity contribution in [1.29, 1.82) is 0 Å². The second-order valence-corrected chi connectivity index (χ2v) is 6.15. The maximum Gasteiger partial charge on any atom is 0.0454 e. The fourth-order valence-corrected chi connectivity index (χ4v) is 3.61. The lowest BCUT2D eigenvalue weighted by Crippen LogP contribution is -2.31. The maximum atomic E-state index is 3.57. The number of H-pyrrole nitrogens is 1. The smallest absolute Gasteiger partial charge is 0.0454 e. The zero-order valence-corrected chi connectivity index (χ0v) is 12.1. The van der Waals surface area contributed by atoms with Crippen molar-refractivity contribution >= 4 is 10.9 Å². The van der Waals surface area contributed by atoms with Crippen LogP contribution in [0.4, 0.5) is 0 Å². The fraction of sp³-hybridized carbons (Fsp3) is 0.263. The van der Waals surface area contributed by atoms with E-state index in [0.29, 0.717) is 0 Å². The summed E-state index contributed by atoms with van der Waals surface area (Å²) in [6, 6.07) is 19.9. The lowest BCUT2D eigenvalue weighted by atomic mass is 9.74. The average Bonchev–Trinajstić information content (AvgIpc) is 3.17. The van der Waals surface area contributed by atoms with E-state index in [1.165, 1.54) is 28.5 Å². The summed E-state index contributed by atoms with van der Waals surface area (Å²) >= 11 is 0. The van der Waals surface area contributed by atoms with Crippen molar-refractivity contribution in [2.24, 2.45) is 0 Å². The molecule has 2 heteroatoms. The average molecular weight is 276 g/mol. The van der Waals surface area contributed by atoms with Gasteiger partial charge in [0.1, 0.15) is 0 Å². The van der Waals surface area contributed by atoms with E-state index in [-0.39, 0.29) is 5.41 Å². The van der Waals surface area contributed by atoms with Gasteiger partial charge < -0.3 is 10.3 Å². The van der Waals surface area contributed by atoms with Gasteiger partial charge in [-0.3, -0.25) is 0 Å². The molecular formula is C19H20N2. The molecule has 1 aliphatic rings. The summed E-state index contributed by atoms with van der Waals surface area (Å²) in [4.78, 5) is 3.28. The van der Waals surface area contributed by atoms with E-state index >= 15 is 0 Å². The summed E-state index contributed by atoms with van der Waals surface area (Å²) in [5.74, 6) is 0. The number of fused-ring (bicyclic) bond motifs is 1. The van der Waals surface area contributed by atoms with Crippen LogP contribution in [0.15, 0.2) is 60.8 Å². The van der Waals surface area contributed by atoms with Crippen LogP contribution in [0.5, 0.6) is 0 Å². The molecule has 1 atom stereocenters. The first-order chi connectivity index (χ1) is 10.4. The van der Waals surface area contributed by atoms with Crippen molar-refractivity contribution in [2.75, 3.05) is 13.1 Å². The molecule has 0 aliphatic carbocycles. The van der Waals surface area contributed by atoms with E-state index in [2.05, 4.69) is 64.9 Å². The van der Waals surface area contributed by atoms with Crippen LogP contribution in [0, 0.1) is 0 Å². The SMILES string of the molecule is c1ccc(C[C@]2(c3ccc4[nH]ccc4c3)CCNC2)cc1. The number of aromatic amines is 1. The molecule has 1 aliphatic heterocycles. The molecule has 1 fully saturated rings. The van der Waals surface area contributed by atoms with Gasteiger partial charge in [-0.05, 0) is 54.1 Å². The van der Waals surface area contributed by atoms with Crippen LogP contribution in [0.25, 0.3) is 10.9 Å². The standard InChI is InChI=1S/C19H20N2/c1-2-4-15(5-3-1)13-19(9-11-20-14-19)17-6-7-18-16(12-17)8-10-21-18/h1-8,10,12,20-21H,9,11,13-14H2/t19-/m1/s1. The first kappa shape index (κ1) is 12.7. The first-order valence-electron chi connectivity index (χ1n) is 7.68. The summed E-state index contributed by atoms with van der Waals surface area (Å²) < 4.78 is 0. The quantitative estimate of drug-likeness (QED) is 0.751. The van der Waals surface area contributed by atoms with Gasteiger partial charge in [0.2, 0.25) is 0 Å². The monoisotopic (exact) mass is 276 g/mol. The van der Waals surface area contributed by atoms with Crippen LogP contribution >= 0.6 is 0 Å². The molecule has 1 aromatic heterocycles. The molecule has 2 nitrogen and oxygen atoms in total. The van der Waals surface area contributed by atoms with Crippen LogP contribution in [0.3, 0.4) is 0 Å². The van der Waals surface area contributed by atoms with Gasteiger partial charge in [-0.1, -0.05) is 36.4 Å². The van der Waals surface area contributed by atoms with Crippen molar-refractivity contribution in [2.45, 2.75) is 18.3 Å². The number of benzene rings is 2. The van der Waals surface area contributed by atoms with E-state index in [0.717, 1.165) is 19.5 Å². The second kappa shape index (κ2) is 5.05. The van der Waals surface area contributed by atoms with Crippen LogP contribution in [0.2, 0.25) is 0 Å². The molecule has 2 aromatic carbocycles. The highest BCUT2D eigenvalue weighted by atomic mass is 14.9. The van der Waals surface area contributed by atoms with Crippen molar-refractivity contribution in [3.63, 3.8) is 0 Å². The lowest BCUT2D eigenvalue weighted by molar-refractivity contribution is 0.468. The van der Waals surface area contributed by atoms with Crippen molar-refractivity contribution in [3.05, 3.63) is 71.9 Å². The number of nitrogens with one attached hydrogen (secondary N) is 2. The number of hydrogen-bond donors (Lipinski definition) is 2. The molecule has 0 unspecified atom stereocenters. The zero-order valence-electron chi connectivity index (χ0n) is 12.1. The van der Waals surface area contributed by atoms with Gasteiger partial charge >= 0.3 is 0 Å².